The van der Waals surface area contributed by atoms with Crippen LogP contribution in [0.5, 0.6) is 0 Å². The van der Waals surface area contributed by atoms with Crippen molar-refractivity contribution >= 4 is 34.4 Å². The average Bonchev–Trinajstić information content (AvgIpc) is 3.62. The van der Waals surface area contributed by atoms with Crippen LogP contribution in [0.2, 0.25) is 0 Å². The Bertz CT molecular complexity index is 2050. The first kappa shape index (κ1) is 36.0. The molecule has 274 valence electrons. The fourth-order valence-corrected chi connectivity index (χ4v) is 7.54. The van der Waals surface area contributed by atoms with Crippen molar-refractivity contribution in [3.8, 4) is 22.5 Å². The number of aromatic amines is 1. The van der Waals surface area contributed by atoms with Crippen molar-refractivity contribution in [1.82, 2.24) is 30.9 Å². The highest BCUT2D eigenvalue weighted by Crippen LogP contribution is 2.29. The molecule has 1 atom stereocenters. The van der Waals surface area contributed by atoms with Gasteiger partial charge in [-0.3, -0.25) is 19.4 Å². The Balaban J connectivity index is 1.06. The molecule has 3 heterocycles. The second-order valence-corrected chi connectivity index (χ2v) is 14.5. The van der Waals surface area contributed by atoms with Gasteiger partial charge in [-0.2, -0.15) is 0 Å². The Morgan fingerprint density at radius 2 is 1.70 bits per heavy atom. The predicted octanol–water partition coefficient (Wildman–Crippen LogP) is 5.51. The van der Waals surface area contributed by atoms with Crippen LogP contribution in [-0.2, 0) is 16.0 Å². The number of amides is 3. The molecule has 2 aromatic heterocycles. The van der Waals surface area contributed by atoms with Crippen molar-refractivity contribution in [1.29, 1.82) is 0 Å². The topological polar surface area (TPSA) is 167 Å². The molecule has 2 aliphatic rings. The van der Waals surface area contributed by atoms with E-state index in [4.69, 9.17) is 5.73 Å². The largest absolute Gasteiger partial charge is 0.349 e. The summed E-state index contributed by atoms with van der Waals surface area (Å²) in [4.78, 5) is 52.6. The number of rotatable bonds is 11. The van der Waals surface area contributed by atoms with E-state index >= 15 is 0 Å². The molecule has 7 N–H and O–H groups in total. The third-order valence-electron chi connectivity index (χ3n) is 10.7. The summed E-state index contributed by atoms with van der Waals surface area (Å²) in [6.45, 7) is 4.49. The van der Waals surface area contributed by atoms with Crippen molar-refractivity contribution in [2.24, 2.45) is 17.6 Å². The highest BCUT2D eigenvalue weighted by Gasteiger charge is 2.29. The van der Waals surface area contributed by atoms with Crippen LogP contribution in [0.25, 0.3) is 33.5 Å². The molecule has 1 saturated heterocycles. The minimum Gasteiger partial charge on any atom is -0.349 e. The number of pyridine rings is 1. The van der Waals surface area contributed by atoms with Crippen molar-refractivity contribution in [2.75, 3.05) is 25.0 Å². The molecule has 1 aliphatic heterocycles. The molecule has 1 saturated carbocycles. The van der Waals surface area contributed by atoms with E-state index in [9.17, 15) is 14.4 Å². The smallest absolute Gasteiger partial charge is 0.251 e. The lowest BCUT2D eigenvalue weighted by Gasteiger charge is -2.28. The molecule has 1 unspecified atom stereocenters. The molecular formula is C42H48N8O3. The van der Waals surface area contributed by atoms with Gasteiger partial charge in [0.25, 0.3) is 5.91 Å². The zero-order chi connectivity index (χ0) is 36.7. The van der Waals surface area contributed by atoms with E-state index in [0.29, 0.717) is 36.0 Å². The first-order valence-electron chi connectivity index (χ1n) is 18.8. The maximum absolute atomic E-state index is 13.9. The fraction of sp³-hybridized carbons (Fsp3) is 0.357. The third kappa shape index (κ3) is 8.81. The van der Waals surface area contributed by atoms with Gasteiger partial charge >= 0.3 is 0 Å². The molecule has 3 aromatic carbocycles. The molecule has 5 aromatic rings. The summed E-state index contributed by atoms with van der Waals surface area (Å²) in [6.07, 6.45) is 9.03. The summed E-state index contributed by atoms with van der Waals surface area (Å²) < 4.78 is 0. The van der Waals surface area contributed by atoms with Crippen LogP contribution in [0.4, 0.5) is 5.69 Å². The quantitative estimate of drug-likeness (QED) is 0.105. The van der Waals surface area contributed by atoms with E-state index < -0.39 is 6.04 Å². The summed E-state index contributed by atoms with van der Waals surface area (Å²) in [6, 6.07) is 22.6. The van der Waals surface area contributed by atoms with Crippen LogP contribution in [0, 0.1) is 18.8 Å². The van der Waals surface area contributed by atoms with Crippen LogP contribution in [0.1, 0.15) is 60.0 Å². The number of piperidine rings is 1. The third-order valence-corrected chi connectivity index (χ3v) is 10.7. The Morgan fingerprint density at radius 3 is 2.42 bits per heavy atom. The summed E-state index contributed by atoms with van der Waals surface area (Å²) in [5.74, 6) is 0.568. The second kappa shape index (κ2) is 16.5. The SMILES string of the molecule is Cc1cc(C(=O)NC2CCNCC2)ccc1-c1ccc(CC(NC(=O)C2CCC(CN)CC2)C(=O)Nc2ccc3nc(-c4cccnc4)[nH]c3c2)cc1. The fourth-order valence-electron chi connectivity index (χ4n) is 7.54. The van der Waals surface area contributed by atoms with Gasteiger partial charge in [-0.05, 0) is 136 Å². The van der Waals surface area contributed by atoms with E-state index in [-0.39, 0.29) is 29.7 Å². The lowest BCUT2D eigenvalue weighted by molar-refractivity contribution is -0.130. The minimum absolute atomic E-state index is 0.0420. The highest BCUT2D eigenvalue weighted by molar-refractivity contribution is 5.99. The zero-order valence-electron chi connectivity index (χ0n) is 30.2. The summed E-state index contributed by atoms with van der Waals surface area (Å²) in [5.41, 5.74) is 13.5. The average molecular weight is 713 g/mol. The van der Waals surface area contributed by atoms with Crippen LogP contribution in [0.15, 0.2) is 85.2 Å². The van der Waals surface area contributed by atoms with E-state index in [1.807, 2.05) is 79.7 Å². The Morgan fingerprint density at radius 1 is 0.906 bits per heavy atom. The van der Waals surface area contributed by atoms with Crippen LogP contribution < -0.4 is 27.0 Å². The van der Waals surface area contributed by atoms with Gasteiger partial charge < -0.3 is 32.0 Å². The van der Waals surface area contributed by atoms with E-state index in [1.54, 1.807) is 12.4 Å². The first-order chi connectivity index (χ1) is 25.8. The summed E-state index contributed by atoms with van der Waals surface area (Å²) in [7, 11) is 0. The molecule has 53 heavy (non-hydrogen) atoms. The molecule has 0 bridgehead atoms. The van der Waals surface area contributed by atoms with Crippen LogP contribution in [-0.4, -0.2) is 64.4 Å². The number of aromatic nitrogens is 3. The van der Waals surface area contributed by atoms with Gasteiger partial charge in [0.05, 0.1) is 11.0 Å². The number of hydrogen-bond donors (Lipinski definition) is 6. The Labute approximate surface area is 310 Å². The number of nitrogens with zero attached hydrogens (tertiary/aromatic N) is 2. The number of anilines is 1. The lowest BCUT2D eigenvalue weighted by atomic mass is 9.81. The summed E-state index contributed by atoms with van der Waals surface area (Å²) in [5, 5.41) is 12.6. The maximum Gasteiger partial charge on any atom is 0.251 e. The number of nitrogens with two attached hydrogens (primary N) is 1. The number of carbonyl (C=O) groups excluding carboxylic acids is 3. The van der Waals surface area contributed by atoms with Gasteiger partial charge in [0.2, 0.25) is 11.8 Å². The number of carbonyl (C=O) groups is 3. The Hall–Kier alpha value is -5.39. The number of fused-ring (bicyclic) bond motifs is 1. The molecule has 0 spiro atoms. The van der Waals surface area contributed by atoms with E-state index in [2.05, 4.69) is 36.2 Å². The van der Waals surface area contributed by atoms with Crippen LogP contribution in [0.3, 0.4) is 0 Å². The van der Waals surface area contributed by atoms with Gasteiger partial charge in [0.1, 0.15) is 11.9 Å². The van der Waals surface area contributed by atoms with Gasteiger partial charge in [-0.1, -0.05) is 30.3 Å². The normalized spacial score (nSPS) is 18.3. The summed E-state index contributed by atoms with van der Waals surface area (Å²) >= 11 is 0. The second-order valence-electron chi connectivity index (χ2n) is 14.5. The van der Waals surface area contributed by atoms with E-state index in [1.165, 1.54) is 0 Å². The molecule has 2 fully saturated rings. The minimum atomic E-state index is -0.788. The molecule has 1 aliphatic carbocycles. The molecule has 0 radical (unpaired) electrons. The number of nitrogens with one attached hydrogen (secondary N) is 5. The standard InChI is InChI=1S/C42H48N8O3/c1-26-21-31(41(52)46-33-16-19-44-20-17-33)12-14-35(26)29-8-4-27(5-9-29)22-38(50-40(51)30-10-6-28(24-43)7-11-30)42(53)47-34-13-15-36-37(23-34)49-39(48-36)32-3-2-18-45-25-32/h2-5,8-9,12-15,18,21,23,25,28,30,33,38,44H,6-7,10-11,16-17,19-20,22,24,43H2,1H3,(H,46,52)(H,47,53)(H,48,49)(H,50,51). The van der Waals surface area contributed by atoms with Gasteiger partial charge in [0.15, 0.2) is 0 Å². The first-order valence-corrected chi connectivity index (χ1v) is 18.8. The van der Waals surface area contributed by atoms with Crippen molar-refractivity contribution in [3.05, 3.63) is 102 Å². The molecule has 11 nitrogen and oxygen atoms in total. The van der Waals surface area contributed by atoms with E-state index in [0.717, 1.165) is 90.5 Å². The Kier molecular flexibility index (Phi) is 11.2. The number of imidazole rings is 1. The van der Waals surface area contributed by atoms with Gasteiger partial charge in [-0.15, -0.1) is 0 Å². The molecular weight excluding hydrogens is 665 g/mol. The maximum atomic E-state index is 13.9. The number of hydrogen-bond acceptors (Lipinski definition) is 7. The molecule has 3 amide bonds. The highest BCUT2D eigenvalue weighted by atomic mass is 16.2. The number of aryl methyl sites for hydroxylation is 1. The van der Waals surface area contributed by atoms with Gasteiger partial charge in [0, 0.05) is 47.6 Å². The van der Waals surface area contributed by atoms with Gasteiger partial charge in [-0.25, -0.2) is 4.98 Å². The zero-order valence-corrected chi connectivity index (χ0v) is 30.2. The predicted molar refractivity (Wildman–Crippen MR) is 208 cm³/mol. The van der Waals surface area contributed by atoms with Crippen molar-refractivity contribution < 1.29 is 14.4 Å². The lowest BCUT2D eigenvalue weighted by Crippen LogP contribution is -2.48. The van der Waals surface area contributed by atoms with Crippen LogP contribution >= 0.6 is 0 Å². The van der Waals surface area contributed by atoms with Crippen molar-refractivity contribution in [3.63, 3.8) is 0 Å². The monoisotopic (exact) mass is 712 g/mol. The molecule has 7 rings (SSSR count). The molecule has 11 heteroatoms. The number of H-pyrrole nitrogens is 1. The number of benzene rings is 3. The van der Waals surface area contributed by atoms with Crippen molar-refractivity contribution in [2.45, 2.75) is 64.0 Å².